The van der Waals surface area contributed by atoms with Crippen molar-refractivity contribution >= 4 is 28.3 Å². The van der Waals surface area contributed by atoms with E-state index < -0.39 is 23.4 Å². The lowest BCUT2D eigenvalue weighted by molar-refractivity contribution is 0.0951. The predicted octanol–water partition coefficient (Wildman–Crippen LogP) is 6.14. The maximum Gasteiger partial charge on any atom is 0.185 e. The molecule has 0 amide bonds. The van der Waals surface area contributed by atoms with Crippen LogP contribution in [-0.2, 0) is 0 Å². The molecule has 0 bridgehead atoms. The van der Waals surface area contributed by atoms with Crippen molar-refractivity contribution in [2.45, 2.75) is 18.0 Å². The summed E-state index contributed by atoms with van der Waals surface area (Å²) >= 11 is 0. The molecule has 2 aliphatic heterocycles. The van der Waals surface area contributed by atoms with Crippen molar-refractivity contribution in [3.8, 4) is 23.6 Å². The zero-order chi connectivity index (χ0) is 27.1. The molecule has 0 saturated carbocycles. The number of nitriles is 2. The first-order valence-corrected chi connectivity index (χ1v) is 12.7. The van der Waals surface area contributed by atoms with Crippen LogP contribution < -0.4 is 14.4 Å². The molecule has 6 nitrogen and oxygen atoms in total. The predicted molar refractivity (Wildman–Crippen MR) is 150 cm³/mol. The highest BCUT2D eigenvalue weighted by Gasteiger charge is 2.63. The minimum atomic E-state index is -1.55. The Morgan fingerprint density at radius 1 is 0.872 bits per heavy atom. The van der Waals surface area contributed by atoms with E-state index in [1.807, 2.05) is 71.6 Å². The first-order chi connectivity index (χ1) is 19.1. The Hall–Kier alpha value is -5.07. The van der Waals surface area contributed by atoms with E-state index in [9.17, 15) is 15.3 Å². The molecule has 0 N–H and O–H groups in total. The summed E-state index contributed by atoms with van der Waals surface area (Å²) in [7, 11) is 3.09. The number of hydrogen-bond acceptors (Lipinski definition) is 6. The molecule has 0 radical (unpaired) electrons. The molecule has 4 aromatic rings. The molecule has 3 atom stereocenters. The summed E-state index contributed by atoms with van der Waals surface area (Å²) in [6.45, 7) is 0. The second kappa shape index (κ2) is 9.35. The molecule has 1 saturated heterocycles. The Bertz CT molecular complexity index is 1700. The normalized spacial score (nSPS) is 20.4. The maximum atomic E-state index is 14.4. The monoisotopic (exact) mass is 511 g/mol. The van der Waals surface area contributed by atoms with Gasteiger partial charge in [0.1, 0.15) is 6.04 Å². The third-order valence-corrected chi connectivity index (χ3v) is 8.01. The van der Waals surface area contributed by atoms with Gasteiger partial charge in [-0.15, -0.1) is 0 Å². The number of ketones is 1. The van der Waals surface area contributed by atoms with Crippen molar-refractivity contribution in [1.29, 1.82) is 10.5 Å². The van der Waals surface area contributed by atoms with Crippen LogP contribution in [0.2, 0.25) is 0 Å². The highest BCUT2D eigenvalue weighted by molar-refractivity contribution is 6.06. The molecule has 190 valence electrons. The van der Waals surface area contributed by atoms with E-state index in [1.54, 1.807) is 31.4 Å². The Kier molecular flexibility index (Phi) is 5.82. The summed E-state index contributed by atoms with van der Waals surface area (Å²) in [4.78, 5) is 16.4. The number of hydrogen-bond donors (Lipinski definition) is 0. The van der Waals surface area contributed by atoms with Gasteiger partial charge < -0.3 is 14.4 Å². The van der Waals surface area contributed by atoms with Gasteiger partial charge in [0.25, 0.3) is 0 Å². The van der Waals surface area contributed by atoms with Crippen LogP contribution in [0.25, 0.3) is 16.8 Å². The molecule has 3 unspecified atom stereocenters. The summed E-state index contributed by atoms with van der Waals surface area (Å²) in [6.07, 6.45) is 3.90. The van der Waals surface area contributed by atoms with Crippen molar-refractivity contribution in [3.05, 3.63) is 108 Å². The molecule has 6 rings (SSSR count). The molecule has 39 heavy (non-hydrogen) atoms. The summed E-state index contributed by atoms with van der Waals surface area (Å²) < 4.78 is 11.0. The third-order valence-electron chi connectivity index (χ3n) is 8.01. The molecule has 0 spiro atoms. The van der Waals surface area contributed by atoms with Gasteiger partial charge in [-0.25, -0.2) is 0 Å². The molecule has 0 aliphatic carbocycles. The van der Waals surface area contributed by atoms with Gasteiger partial charge in [-0.3, -0.25) is 4.79 Å². The molecule has 2 aliphatic rings. The number of anilines is 1. The van der Waals surface area contributed by atoms with E-state index in [4.69, 9.17) is 9.47 Å². The zero-order valence-electron chi connectivity index (χ0n) is 21.5. The van der Waals surface area contributed by atoms with Crippen LogP contribution in [0.3, 0.4) is 0 Å². The van der Waals surface area contributed by atoms with E-state index in [-0.39, 0.29) is 5.78 Å². The van der Waals surface area contributed by atoms with Gasteiger partial charge in [-0.1, -0.05) is 78.9 Å². The number of nitrogens with zero attached hydrogens (tertiary/aromatic N) is 3. The van der Waals surface area contributed by atoms with Crippen LogP contribution >= 0.6 is 0 Å². The summed E-state index contributed by atoms with van der Waals surface area (Å²) in [5.41, 5.74) is 1.43. The molecule has 0 aromatic heterocycles. The summed E-state index contributed by atoms with van der Waals surface area (Å²) in [5, 5.41) is 23.5. The summed E-state index contributed by atoms with van der Waals surface area (Å²) in [5.74, 6) is 0.0749. The Morgan fingerprint density at radius 2 is 1.59 bits per heavy atom. The second-order valence-electron chi connectivity index (χ2n) is 9.79. The standard InChI is InChI=1S/C33H25N3O3/c1-38-27-16-13-23(18-28(27)39-2)30-31(32(37)22-9-4-3-5-10-22)36-26-15-12-21-8-6-7-11-24(21)25(26)14-17-29(36)33(30,19-34)20-35/h3-18,29-31H,1-2H3. The zero-order valence-corrected chi connectivity index (χ0v) is 21.5. The van der Waals surface area contributed by atoms with Crippen molar-refractivity contribution in [1.82, 2.24) is 0 Å². The second-order valence-corrected chi connectivity index (χ2v) is 9.79. The van der Waals surface area contributed by atoms with Crippen LogP contribution in [0, 0.1) is 28.1 Å². The number of carbonyl (C=O) groups excluding carboxylic acids is 1. The van der Waals surface area contributed by atoms with Gasteiger partial charge >= 0.3 is 0 Å². The Balaban J connectivity index is 1.64. The molecule has 6 heteroatoms. The number of methoxy groups -OCH3 is 2. The van der Waals surface area contributed by atoms with E-state index >= 15 is 0 Å². The van der Waals surface area contributed by atoms with Crippen LogP contribution in [0.4, 0.5) is 5.69 Å². The van der Waals surface area contributed by atoms with Crippen molar-refractivity contribution < 1.29 is 14.3 Å². The number of fused-ring (bicyclic) bond motifs is 5. The molecule has 4 aromatic carbocycles. The molecular weight excluding hydrogens is 486 g/mol. The van der Waals surface area contributed by atoms with Gasteiger partial charge in [-0.2, -0.15) is 10.5 Å². The minimum Gasteiger partial charge on any atom is -0.493 e. The molecule has 1 fully saturated rings. The first-order valence-electron chi connectivity index (χ1n) is 12.7. The quantitative estimate of drug-likeness (QED) is 0.299. The van der Waals surface area contributed by atoms with E-state index in [2.05, 4.69) is 18.2 Å². The first kappa shape index (κ1) is 24.3. The largest absolute Gasteiger partial charge is 0.493 e. The lowest BCUT2D eigenvalue weighted by Gasteiger charge is -2.36. The van der Waals surface area contributed by atoms with Crippen molar-refractivity contribution in [2.24, 2.45) is 5.41 Å². The number of ether oxygens (including phenoxy) is 2. The number of rotatable bonds is 5. The van der Waals surface area contributed by atoms with E-state index in [0.717, 1.165) is 22.0 Å². The fourth-order valence-corrected chi connectivity index (χ4v) is 6.24. The molecule has 2 heterocycles. The SMILES string of the molecule is COc1ccc(C2C(C(=O)c3ccccc3)N3c4ccc5ccccc5c4C=CC3C2(C#N)C#N)cc1OC. The highest BCUT2D eigenvalue weighted by atomic mass is 16.5. The van der Waals surface area contributed by atoms with Gasteiger partial charge in [-0.05, 0) is 34.5 Å². The number of Topliss-reactive ketones (excluding diaryl/α,β-unsaturated/α-hetero) is 1. The van der Waals surface area contributed by atoms with E-state index in [1.165, 1.54) is 7.11 Å². The Morgan fingerprint density at radius 3 is 2.31 bits per heavy atom. The van der Waals surface area contributed by atoms with Crippen molar-refractivity contribution in [2.75, 3.05) is 19.1 Å². The smallest absolute Gasteiger partial charge is 0.185 e. The average molecular weight is 512 g/mol. The number of benzene rings is 4. The summed E-state index contributed by atoms with van der Waals surface area (Å²) in [6, 6.07) is 29.8. The van der Waals surface area contributed by atoms with Crippen LogP contribution in [-0.4, -0.2) is 32.1 Å². The average Bonchev–Trinajstić information content (AvgIpc) is 3.31. The molecular formula is C33H25N3O3. The lowest BCUT2D eigenvalue weighted by Crippen LogP contribution is -2.44. The van der Waals surface area contributed by atoms with Crippen LogP contribution in [0.5, 0.6) is 11.5 Å². The number of carbonyl (C=O) groups is 1. The fourth-order valence-electron chi connectivity index (χ4n) is 6.24. The highest BCUT2D eigenvalue weighted by Crippen LogP contribution is 2.56. The van der Waals surface area contributed by atoms with E-state index in [0.29, 0.717) is 22.6 Å². The topological polar surface area (TPSA) is 86.4 Å². The van der Waals surface area contributed by atoms with Gasteiger partial charge in [0, 0.05) is 22.7 Å². The van der Waals surface area contributed by atoms with Gasteiger partial charge in [0.2, 0.25) is 0 Å². The Labute approximate surface area is 226 Å². The van der Waals surface area contributed by atoms with Crippen LogP contribution in [0.15, 0.2) is 91.0 Å². The van der Waals surface area contributed by atoms with Crippen LogP contribution in [0.1, 0.15) is 27.4 Å². The fraction of sp³-hybridized carbons (Fsp3) is 0.182. The third kappa shape index (κ3) is 3.50. The maximum absolute atomic E-state index is 14.4. The minimum absolute atomic E-state index is 0.151. The van der Waals surface area contributed by atoms with Gasteiger partial charge in [0.05, 0.1) is 32.4 Å². The van der Waals surface area contributed by atoms with Crippen molar-refractivity contribution in [3.63, 3.8) is 0 Å². The van der Waals surface area contributed by atoms with Gasteiger partial charge in [0.15, 0.2) is 22.7 Å². The lowest BCUT2D eigenvalue weighted by atomic mass is 9.69.